The molecule has 692 valence electrons. The van der Waals surface area contributed by atoms with Crippen molar-refractivity contribution in [3.8, 4) is 72.7 Å². The fourth-order valence-electron chi connectivity index (χ4n) is 21.8. The number of fused-ring (bicyclic) bond motifs is 18. The summed E-state index contributed by atoms with van der Waals surface area (Å²) in [4.78, 5) is 7.16. The van der Waals surface area contributed by atoms with Crippen molar-refractivity contribution in [1.29, 1.82) is 0 Å². The van der Waals surface area contributed by atoms with Crippen molar-refractivity contribution in [1.82, 2.24) is 13.7 Å². The van der Waals surface area contributed by atoms with Gasteiger partial charge in [0, 0.05) is 49.4 Å². The van der Waals surface area contributed by atoms with E-state index in [0.29, 0.717) is 43.5 Å². The molecule has 0 aliphatic heterocycles. The summed E-state index contributed by atoms with van der Waals surface area (Å²) in [6.07, 6.45) is 0. The minimum atomic E-state index is 0.369. The van der Waals surface area contributed by atoms with Crippen molar-refractivity contribution in [2.75, 3.05) is 14.7 Å². The Kier molecular flexibility index (Phi) is 23.0. The fourth-order valence-corrected chi connectivity index (χ4v) is 28.7. The van der Waals surface area contributed by atoms with Gasteiger partial charge in [-0.3, -0.25) is 0 Å². The normalized spacial score (nSPS) is 11.5. The van der Waals surface area contributed by atoms with E-state index in [1.165, 1.54) is 179 Å². The number of hydrogen-bond donors (Lipinski definition) is 0. The van der Waals surface area contributed by atoms with Crippen LogP contribution in [0.2, 0.25) is 0 Å². The second-order valence-corrected chi connectivity index (χ2v) is 44.2. The zero-order valence-corrected chi connectivity index (χ0v) is 85.2. The molecule has 0 bridgehead atoms. The number of nitrogens with zero attached hydrogens (tertiary/aromatic N) is 6. The standard InChI is InChI=1S/2C48H32N2Se.C42H28N2Se/c1-3-13-34(14-4-1)39-17-7-10-20-44(39)49(37-26-23-33(24-27-37)35-25-30-48-43(31-35)42-19-9-12-22-47(42)51-48)38-28-29-41-40-18-8-11-21-45(40)50(46(41)32-38)36-15-5-2-6-16-36;1-3-11-33(12-4-1)34-19-24-38(25-20-34)49(39-26-21-35(22-27-39)36-23-30-48-44(31-36)43-16-8-10-18-47(43)51-48)40-28-29-42-41-15-7-9-17-45(41)50(46(42)32-40)37-13-5-2-6-14-37;1-3-11-31(12-4-1)43(33-22-19-29(20-23-33)30-21-26-42-38(27-30)37-16-8-10-18-41(37)45-42)34-24-25-36-35-15-7-9-17-39(35)44(40(36)28-34)32-13-5-2-6-14-32/h2*1-32H;1-28H. The van der Waals surface area contributed by atoms with E-state index in [2.05, 4.69) is 587 Å². The monoisotopic (exact) mass is 2070 g/mol. The number of benzene rings is 23. The van der Waals surface area contributed by atoms with Crippen LogP contribution in [-0.4, -0.2) is 57.2 Å². The van der Waals surface area contributed by atoms with Crippen molar-refractivity contribution < 1.29 is 0 Å². The second-order valence-electron chi connectivity index (χ2n) is 37.4. The van der Waals surface area contributed by atoms with E-state index in [4.69, 9.17) is 0 Å². The summed E-state index contributed by atoms with van der Waals surface area (Å²) in [6, 6.07) is 203. The fraction of sp³-hybridized carbons (Fsp3) is 0. The average Bonchev–Trinajstić information content (AvgIpc) is 1.59. The van der Waals surface area contributed by atoms with Gasteiger partial charge in [0.15, 0.2) is 0 Å². The molecule has 0 unspecified atom stereocenters. The van der Waals surface area contributed by atoms with Crippen molar-refractivity contribution in [2.24, 2.45) is 0 Å². The first-order valence-electron chi connectivity index (χ1n) is 50.0. The van der Waals surface area contributed by atoms with E-state index >= 15 is 0 Å². The van der Waals surface area contributed by atoms with Crippen molar-refractivity contribution in [2.45, 2.75) is 0 Å². The van der Waals surface area contributed by atoms with Crippen LogP contribution in [0.3, 0.4) is 0 Å². The molecule has 147 heavy (non-hydrogen) atoms. The molecule has 0 spiro atoms. The Morgan fingerprint density at radius 3 is 0.714 bits per heavy atom. The maximum absolute atomic E-state index is 2.42. The first-order valence-corrected chi connectivity index (χ1v) is 55.1. The summed E-state index contributed by atoms with van der Waals surface area (Å²) in [5.74, 6) is 0. The molecule has 0 saturated heterocycles. The summed E-state index contributed by atoms with van der Waals surface area (Å²) in [5.41, 5.74) is 32.9. The molecule has 6 aromatic heterocycles. The summed E-state index contributed by atoms with van der Waals surface area (Å²) in [5, 5.41) is 15.8. The zero-order chi connectivity index (χ0) is 97.2. The number of hydrogen-bond acceptors (Lipinski definition) is 3. The van der Waals surface area contributed by atoms with Gasteiger partial charge in [-0.15, -0.1) is 0 Å². The first kappa shape index (κ1) is 88.4. The van der Waals surface area contributed by atoms with Gasteiger partial charge in [-0.1, -0.05) is 182 Å². The van der Waals surface area contributed by atoms with Gasteiger partial charge >= 0.3 is 550 Å². The third-order valence-corrected chi connectivity index (χ3v) is 36.0. The summed E-state index contributed by atoms with van der Waals surface area (Å²) in [6.45, 7) is 0. The molecule has 0 N–H and O–H groups in total. The Morgan fingerprint density at radius 2 is 0.361 bits per heavy atom. The third-order valence-electron chi connectivity index (χ3n) is 28.8. The van der Waals surface area contributed by atoms with Gasteiger partial charge in [-0.25, -0.2) is 0 Å². The van der Waals surface area contributed by atoms with Gasteiger partial charge in [0.2, 0.25) is 0 Å². The molecular formula is C138H92N6Se3. The predicted octanol–water partition coefficient (Wildman–Crippen LogP) is 37.2. The predicted molar refractivity (Wildman–Crippen MR) is 629 cm³/mol. The molecule has 0 fully saturated rings. The van der Waals surface area contributed by atoms with Crippen molar-refractivity contribution in [3.63, 3.8) is 0 Å². The van der Waals surface area contributed by atoms with Crippen LogP contribution in [-0.2, 0) is 0 Å². The van der Waals surface area contributed by atoms with E-state index in [-0.39, 0.29) is 0 Å². The van der Waals surface area contributed by atoms with Gasteiger partial charge in [0.1, 0.15) is 0 Å². The number of rotatable bonds is 17. The van der Waals surface area contributed by atoms with Gasteiger partial charge < -0.3 is 13.7 Å². The minimum absolute atomic E-state index is 0.369. The van der Waals surface area contributed by atoms with Crippen LogP contribution in [0.5, 0.6) is 0 Å². The van der Waals surface area contributed by atoms with Crippen LogP contribution in [0.25, 0.3) is 196 Å². The van der Waals surface area contributed by atoms with E-state index < -0.39 is 0 Å². The number of anilines is 9. The first-order chi connectivity index (χ1) is 72.9. The summed E-state index contributed by atoms with van der Waals surface area (Å²) < 4.78 is 16.0. The quantitative estimate of drug-likeness (QED) is 0.0850. The number of para-hydroxylation sites is 8. The average molecular weight is 2070 g/mol. The topological polar surface area (TPSA) is 24.5 Å². The molecule has 0 radical (unpaired) electrons. The van der Waals surface area contributed by atoms with E-state index in [0.717, 1.165) is 68.2 Å². The molecule has 29 aromatic rings. The van der Waals surface area contributed by atoms with Crippen LogP contribution >= 0.6 is 0 Å². The molecular weight excluding hydrogens is 1980 g/mol. The Bertz CT molecular complexity index is 9970. The van der Waals surface area contributed by atoms with E-state index in [1.54, 1.807) is 0 Å². The van der Waals surface area contributed by atoms with E-state index in [9.17, 15) is 0 Å². The van der Waals surface area contributed by atoms with Gasteiger partial charge in [-0.2, -0.15) is 0 Å². The number of aromatic nitrogens is 3. The van der Waals surface area contributed by atoms with Gasteiger partial charge in [0.25, 0.3) is 0 Å². The Hall–Kier alpha value is -17.6. The molecule has 29 rings (SSSR count). The van der Waals surface area contributed by atoms with Crippen LogP contribution in [0, 0.1) is 0 Å². The van der Waals surface area contributed by atoms with Gasteiger partial charge in [0.05, 0.1) is 16.6 Å². The van der Waals surface area contributed by atoms with Crippen LogP contribution in [0.4, 0.5) is 51.2 Å². The molecule has 6 heterocycles. The Morgan fingerprint density at radius 1 is 0.129 bits per heavy atom. The second kappa shape index (κ2) is 38.3. The van der Waals surface area contributed by atoms with Crippen molar-refractivity contribution >= 4 is 218 Å². The molecule has 0 atom stereocenters. The van der Waals surface area contributed by atoms with Crippen LogP contribution in [0.15, 0.2) is 558 Å². The molecule has 9 heteroatoms. The van der Waals surface area contributed by atoms with E-state index in [1.807, 2.05) is 0 Å². The third kappa shape index (κ3) is 16.4. The molecule has 0 aliphatic carbocycles. The van der Waals surface area contributed by atoms with Crippen molar-refractivity contribution in [3.05, 3.63) is 558 Å². The molecule has 6 nitrogen and oxygen atoms in total. The molecule has 0 amide bonds. The molecule has 0 aliphatic rings. The molecule has 0 saturated carbocycles. The van der Waals surface area contributed by atoms with Crippen LogP contribution in [0.1, 0.15) is 0 Å². The summed E-state index contributed by atoms with van der Waals surface area (Å²) in [7, 11) is 0. The summed E-state index contributed by atoms with van der Waals surface area (Å²) >= 11 is 1.13. The Labute approximate surface area is 869 Å². The zero-order valence-electron chi connectivity index (χ0n) is 80.0. The van der Waals surface area contributed by atoms with Gasteiger partial charge in [-0.05, 0) is 65.7 Å². The SMILES string of the molecule is c1ccc(-c2ccc(N(c3ccc(-c4ccc5[se]c6ccccc6c5c4)cc3)c3ccc4c5ccccc5n(-c5ccccc5)c4c3)cc2)cc1.c1ccc(-c2ccccc2N(c2ccc(-c3ccc4[se]c5ccccc5c4c3)cc2)c2ccc3c4ccccc4n(-c4ccccc4)c3c2)cc1.c1ccc(N(c2ccc(-c3ccc4[se]c5ccccc5c4c3)cc2)c2ccc3c4ccccc4n(-c4ccccc4)c3c2)cc1. The Balaban J connectivity index is 0.000000109. The molecule has 23 aromatic carbocycles. The maximum atomic E-state index is 2.42. The van der Waals surface area contributed by atoms with Crippen LogP contribution < -0.4 is 14.7 Å².